The highest BCUT2D eigenvalue weighted by molar-refractivity contribution is 6.46. The second kappa shape index (κ2) is 12.4. The first-order valence-electron chi connectivity index (χ1n) is 22.0. The lowest BCUT2D eigenvalue weighted by atomic mass is 9.66. The number of anilines is 2. The van der Waals surface area contributed by atoms with E-state index in [9.17, 15) is 0 Å². The molecule has 1 heteroatoms. The van der Waals surface area contributed by atoms with Gasteiger partial charge >= 0.3 is 0 Å². The third kappa shape index (κ3) is 4.37. The molecule has 286 valence electrons. The van der Waals surface area contributed by atoms with E-state index >= 15 is 0 Å². The van der Waals surface area contributed by atoms with Crippen LogP contribution >= 0.6 is 0 Å². The van der Waals surface area contributed by atoms with Gasteiger partial charge in [0.2, 0.25) is 0 Å². The van der Waals surface area contributed by atoms with Crippen LogP contribution in [-0.4, -0.2) is 5.54 Å². The molecule has 13 rings (SSSR count). The van der Waals surface area contributed by atoms with Crippen LogP contribution in [-0.2, 0) is 5.41 Å². The number of hydrogen-bond acceptors (Lipinski definition) is 1. The number of para-hydroxylation sites is 1. The number of fused-ring (bicyclic) bond motifs is 9. The standard InChI is InChI=1S/C59H45N/c1-58-34-13-6-14-35-59(58,2)60(41-24-11-5-12-25-41)49-33-30-40(36-48(49)58)42-31-32-47-53-43(42)26-17-29-46(53)56-51(38-18-7-3-8-19-38)54-44-27-15-22-37-23-16-28-45(50(37)44)55(54)52(57(47)56)39-20-9-4-10-21-39/h3-5,7-12,15-33,36H,6,13-14,34-35H2,1-2H3. The van der Waals surface area contributed by atoms with Crippen molar-refractivity contribution in [2.75, 3.05) is 4.90 Å². The summed E-state index contributed by atoms with van der Waals surface area (Å²) in [7, 11) is 0. The lowest BCUT2D eigenvalue weighted by Crippen LogP contribution is -2.52. The molecule has 0 saturated heterocycles. The molecule has 0 radical (unpaired) electrons. The Morgan fingerprint density at radius 3 is 1.57 bits per heavy atom. The maximum absolute atomic E-state index is 2.70. The van der Waals surface area contributed by atoms with E-state index in [4.69, 9.17) is 0 Å². The summed E-state index contributed by atoms with van der Waals surface area (Å²) in [6.07, 6.45) is 6.24. The monoisotopic (exact) mass is 767 g/mol. The van der Waals surface area contributed by atoms with Gasteiger partial charge in [-0.3, -0.25) is 0 Å². The van der Waals surface area contributed by atoms with Gasteiger partial charge in [-0.25, -0.2) is 0 Å². The average Bonchev–Trinajstić information content (AvgIpc) is 3.82. The zero-order chi connectivity index (χ0) is 39.7. The minimum atomic E-state index is 0.000487. The molecule has 2 aliphatic rings. The van der Waals surface area contributed by atoms with Gasteiger partial charge in [-0.15, -0.1) is 0 Å². The molecule has 60 heavy (non-hydrogen) atoms. The molecule has 1 aliphatic carbocycles. The first kappa shape index (κ1) is 34.2. The lowest BCUT2D eigenvalue weighted by Gasteiger charge is -2.46. The van der Waals surface area contributed by atoms with Crippen LogP contribution in [0, 0.1) is 0 Å². The fourth-order valence-electron chi connectivity index (χ4n) is 12.5. The molecule has 11 aromatic carbocycles. The predicted octanol–water partition coefficient (Wildman–Crippen LogP) is 16.6. The van der Waals surface area contributed by atoms with E-state index in [2.05, 4.69) is 195 Å². The van der Waals surface area contributed by atoms with Crippen LogP contribution in [0.2, 0.25) is 0 Å². The van der Waals surface area contributed by atoms with E-state index in [1.165, 1.54) is 147 Å². The van der Waals surface area contributed by atoms with E-state index in [0.29, 0.717) is 0 Å². The first-order chi connectivity index (χ1) is 29.5. The van der Waals surface area contributed by atoms with Gasteiger partial charge in [0.15, 0.2) is 0 Å². The number of hydrogen-bond donors (Lipinski definition) is 0. The second-order valence-corrected chi connectivity index (χ2v) is 18.1. The molecule has 0 N–H and O–H groups in total. The Morgan fingerprint density at radius 2 is 0.933 bits per heavy atom. The van der Waals surface area contributed by atoms with Crippen molar-refractivity contribution in [1.29, 1.82) is 0 Å². The Bertz CT molecular complexity index is 3350. The van der Waals surface area contributed by atoms with Crippen LogP contribution in [0.25, 0.3) is 98.0 Å². The zero-order valence-electron chi connectivity index (χ0n) is 34.2. The second-order valence-electron chi connectivity index (χ2n) is 18.1. The molecule has 0 aromatic heterocycles. The van der Waals surface area contributed by atoms with Gasteiger partial charge < -0.3 is 4.90 Å². The van der Waals surface area contributed by atoms with E-state index in [-0.39, 0.29) is 11.0 Å². The van der Waals surface area contributed by atoms with E-state index < -0.39 is 0 Å². The van der Waals surface area contributed by atoms with Gasteiger partial charge in [0.1, 0.15) is 0 Å². The Balaban J connectivity index is 1.15. The van der Waals surface area contributed by atoms with Gasteiger partial charge in [0.05, 0.1) is 5.54 Å². The molecular formula is C59H45N. The van der Waals surface area contributed by atoms with Gasteiger partial charge in [-0.05, 0) is 148 Å². The van der Waals surface area contributed by atoms with Crippen molar-refractivity contribution in [2.45, 2.75) is 56.9 Å². The quantitative estimate of drug-likeness (QED) is 0.172. The van der Waals surface area contributed by atoms with Crippen molar-refractivity contribution < 1.29 is 0 Å². The zero-order valence-corrected chi connectivity index (χ0v) is 34.2. The first-order valence-corrected chi connectivity index (χ1v) is 22.0. The summed E-state index contributed by atoms with van der Waals surface area (Å²) in [5.74, 6) is 0. The molecule has 0 bridgehead atoms. The summed E-state index contributed by atoms with van der Waals surface area (Å²) in [5.41, 5.74) is 12.0. The minimum absolute atomic E-state index is 0.000487. The molecule has 1 heterocycles. The highest BCUT2D eigenvalue weighted by Crippen LogP contribution is 2.61. The smallest absolute Gasteiger partial charge is 0.0517 e. The number of benzene rings is 9. The number of nitrogens with zero attached hydrogens (tertiary/aromatic N) is 1. The summed E-state index contributed by atoms with van der Waals surface area (Å²) in [6, 6.07) is 66.8. The summed E-state index contributed by atoms with van der Waals surface area (Å²) >= 11 is 0. The summed E-state index contributed by atoms with van der Waals surface area (Å²) < 4.78 is 0. The van der Waals surface area contributed by atoms with Crippen LogP contribution in [0.3, 0.4) is 0 Å². The minimum Gasteiger partial charge on any atom is -0.334 e. The largest absolute Gasteiger partial charge is 0.334 e. The molecule has 2 unspecified atom stereocenters. The van der Waals surface area contributed by atoms with E-state index in [0.717, 1.165) is 0 Å². The van der Waals surface area contributed by atoms with Crippen molar-refractivity contribution in [3.05, 3.63) is 181 Å². The average molecular weight is 768 g/mol. The Morgan fingerprint density at radius 1 is 0.400 bits per heavy atom. The predicted molar refractivity (Wildman–Crippen MR) is 258 cm³/mol. The molecule has 1 fully saturated rings. The van der Waals surface area contributed by atoms with Gasteiger partial charge in [-0.1, -0.05) is 178 Å². The molecule has 1 saturated carbocycles. The highest BCUT2D eigenvalue weighted by Gasteiger charge is 2.56. The molecule has 0 amide bonds. The molecule has 2 atom stereocenters. The van der Waals surface area contributed by atoms with Crippen LogP contribution < -0.4 is 4.90 Å². The van der Waals surface area contributed by atoms with Gasteiger partial charge in [0, 0.05) is 16.8 Å². The molecule has 1 aliphatic heterocycles. The normalized spacial score (nSPS) is 19.3. The molecule has 11 aromatic rings. The van der Waals surface area contributed by atoms with Crippen LogP contribution in [0.1, 0.15) is 51.5 Å². The van der Waals surface area contributed by atoms with E-state index in [1.807, 2.05) is 0 Å². The lowest BCUT2D eigenvalue weighted by molar-refractivity contribution is 0.261. The van der Waals surface area contributed by atoms with Crippen molar-refractivity contribution >= 4 is 76.0 Å². The Labute approximate surface area is 351 Å². The Kier molecular flexibility index (Phi) is 7.07. The van der Waals surface area contributed by atoms with Crippen LogP contribution in [0.15, 0.2) is 176 Å². The van der Waals surface area contributed by atoms with Crippen LogP contribution in [0.5, 0.6) is 0 Å². The summed E-state index contributed by atoms with van der Waals surface area (Å²) in [5, 5.41) is 16.1. The fraction of sp³-hybridized carbons (Fsp3) is 0.153. The third-order valence-corrected chi connectivity index (χ3v) is 15.3. The van der Waals surface area contributed by atoms with Gasteiger partial charge in [-0.2, -0.15) is 0 Å². The van der Waals surface area contributed by atoms with E-state index in [1.54, 1.807) is 0 Å². The summed E-state index contributed by atoms with van der Waals surface area (Å²) in [4.78, 5) is 2.70. The topological polar surface area (TPSA) is 3.24 Å². The summed E-state index contributed by atoms with van der Waals surface area (Å²) in [6.45, 7) is 5.12. The van der Waals surface area contributed by atoms with Crippen molar-refractivity contribution in [3.8, 4) is 33.4 Å². The number of rotatable bonds is 4. The van der Waals surface area contributed by atoms with Gasteiger partial charge in [0.25, 0.3) is 0 Å². The van der Waals surface area contributed by atoms with Crippen LogP contribution in [0.4, 0.5) is 11.4 Å². The Hall–Kier alpha value is -6.70. The maximum Gasteiger partial charge on any atom is 0.0517 e. The third-order valence-electron chi connectivity index (χ3n) is 15.3. The highest BCUT2D eigenvalue weighted by atomic mass is 15.2. The van der Waals surface area contributed by atoms with Crippen molar-refractivity contribution in [3.63, 3.8) is 0 Å². The molecule has 1 nitrogen and oxygen atoms in total. The SMILES string of the molecule is CC12CCCCCC1(C)N(c1ccccc1)c1ccc(-c3ccc4c5c(-c6ccccc6)c6c7cccc8cccc(c6c(-c6ccccc6)c5c5cccc3c54)c87)cc12. The molecular weight excluding hydrogens is 723 g/mol. The molecule has 0 spiro atoms. The van der Waals surface area contributed by atoms with Crippen molar-refractivity contribution in [1.82, 2.24) is 0 Å². The maximum atomic E-state index is 2.70. The van der Waals surface area contributed by atoms with Crippen molar-refractivity contribution in [2.24, 2.45) is 0 Å². The fourth-order valence-corrected chi connectivity index (χ4v) is 12.5.